The molecule has 4 unspecified atom stereocenters. The van der Waals surface area contributed by atoms with Crippen molar-refractivity contribution in [2.45, 2.75) is 63.9 Å². The third-order valence-corrected chi connectivity index (χ3v) is 5.27. The molecule has 1 aromatic heterocycles. The maximum atomic E-state index is 12.8. The number of rotatable bonds is 5. The molecule has 5 heteroatoms. The molecule has 2 saturated heterocycles. The van der Waals surface area contributed by atoms with Crippen LogP contribution in [-0.4, -0.2) is 35.6 Å². The van der Waals surface area contributed by atoms with E-state index in [4.69, 9.17) is 4.74 Å². The van der Waals surface area contributed by atoms with Gasteiger partial charge in [0.05, 0.1) is 18.2 Å². The molecular weight excluding hydrogens is 284 g/mol. The Kier molecular flexibility index (Phi) is 4.62. The van der Waals surface area contributed by atoms with Crippen molar-refractivity contribution < 1.29 is 9.53 Å². The van der Waals surface area contributed by atoms with Gasteiger partial charge in [-0.3, -0.25) is 10.1 Å². The predicted octanol–water partition coefficient (Wildman–Crippen LogP) is 2.91. The van der Waals surface area contributed by atoms with Gasteiger partial charge in [0.25, 0.3) is 0 Å². The molecule has 3 heterocycles. The summed E-state index contributed by atoms with van der Waals surface area (Å²) in [7, 11) is 0. The van der Waals surface area contributed by atoms with Crippen LogP contribution in [0.4, 0.5) is 0 Å². The van der Waals surface area contributed by atoms with Crippen LogP contribution in [0, 0.1) is 0 Å². The van der Waals surface area contributed by atoms with Crippen LogP contribution in [0.3, 0.4) is 0 Å². The number of thiophene rings is 1. The monoisotopic (exact) mass is 308 g/mol. The van der Waals surface area contributed by atoms with E-state index in [-0.39, 0.29) is 30.3 Å². The van der Waals surface area contributed by atoms with Gasteiger partial charge in [-0.1, -0.05) is 13.3 Å². The lowest BCUT2D eigenvalue weighted by molar-refractivity contribution is -0.134. The van der Waals surface area contributed by atoms with Gasteiger partial charge in [0.1, 0.15) is 6.17 Å². The van der Waals surface area contributed by atoms with Crippen LogP contribution < -0.4 is 5.32 Å². The Morgan fingerprint density at radius 3 is 3.05 bits per heavy atom. The molecule has 0 saturated carbocycles. The number of amides is 1. The highest BCUT2D eigenvalue weighted by molar-refractivity contribution is 7.07. The minimum Gasteiger partial charge on any atom is -0.376 e. The Balaban J connectivity index is 1.83. The molecule has 2 fully saturated rings. The SMILES string of the molecule is CCCC1NC(c2ccsc2)N(C(C)C2CCCO2)C1=O. The molecule has 1 amide bonds. The van der Waals surface area contributed by atoms with Crippen LogP contribution in [0.25, 0.3) is 0 Å². The molecule has 1 N–H and O–H groups in total. The van der Waals surface area contributed by atoms with Gasteiger partial charge in [0.15, 0.2) is 0 Å². The summed E-state index contributed by atoms with van der Waals surface area (Å²) in [4.78, 5) is 14.8. The fourth-order valence-corrected chi connectivity index (χ4v) is 4.11. The second-order valence-corrected chi connectivity index (χ2v) is 6.78. The summed E-state index contributed by atoms with van der Waals surface area (Å²) in [6, 6.07) is 2.18. The summed E-state index contributed by atoms with van der Waals surface area (Å²) in [5.74, 6) is 0.232. The minimum absolute atomic E-state index is 0.000463. The maximum absolute atomic E-state index is 12.8. The van der Waals surface area contributed by atoms with Crippen LogP contribution in [0.5, 0.6) is 0 Å². The Labute approximate surface area is 130 Å². The molecule has 0 aromatic carbocycles. The Morgan fingerprint density at radius 1 is 1.57 bits per heavy atom. The molecule has 2 aliphatic heterocycles. The zero-order valence-corrected chi connectivity index (χ0v) is 13.6. The van der Waals surface area contributed by atoms with Gasteiger partial charge in [0.2, 0.25) is 5.91 Å². The average Bonchev–Trinajstić information content (AvgIpc) is 3.20. The van der Waals surface area contributed by atoms with Gasteiger partial charge in [-0.15, -0.1) is 0 Å². The number of hydrogen-bond donors (Lipinski definition) is 1. The summed E-state index contributed by atoms with van der Waals surface area (Å²) in [5, 5.41) is 7.73. The van der Waals surface area contributed by atoms with E-state index in [1.165, 1.54) is 5.56 Å². The highest BCUT2D eigenvalue weighted by atomic mass is 32.1. The van der Waals surface area contributed by atoms with Gasteiger partial charge in [-0.2, -0.15) is 11.3 Å². The largest absolute Gasteiger partial charge is 0.376 e. The lowest BCUT2D eigenvalue weighted by atomic mass is 10.1. The zero-order chi connectivity index (χ0) is 14.8. The molecule has 4 atom stereocenters. The highest BCUT2D eigenvalue weighted by Gasteiger charge is 2.44. The third-order valence-electron chi connectivity index (χ3n) is 4.57. The number of nitrogens with one attached hydrogen (secondary N) is 1. The van der Waals surface area contributed by atoms with Gasteiger partial charge in [-0.25, -0.2) is 0 Å². The number of carbonyl (C=O) groups excluding carboxylic acids is 1. The number of ether oxygens (including phenoxy) is 1. The smallest absolute Gasteiger partial charge is 0.241 e. The highest BCUT2D eigenvalue weighted by Crippen LogP contribution is 2.33. The standard InChI is InChI=1S/C16H24N2O2S/c1-3-5-13-16(19)18(11(2)14-6-4-8-20-14)15(17-13)12-7-9-21-10-12/h7,9-11,13-15,17H,3-6,8H2,1-2H3. The van der Waals surface area contributed by atoms with Crippen molar-refractivity contribution in [1.29, 1.82) is 0 Å². The van der Waals surface area contributed by atoms with Crippen LogP contribution in [0.1, 0.15) is 51.3 Å². The summed E-state index contributed by atoms with van der Waals surface area (Å²) in [6.45, 7) is 5.08. The molecule has 0 radical (unpaired) electrons. The van der Waals surface area contributed by atoms with Crippen molar-refractivity contribution in [1.82, 2.24) is 10.2 Å². The number of hydrogen-bond acceptors (Lipinski definition) is 4. The van der Waals surface area contributed by atoms with Crippen molar-refractivity contribution in [2.24, 2.45) is 0 Å². The summed E-state index contributed by atoms with van der Waals surface area (Å²) in [6.07, 6.45) is 4.25. The van der Waals surface area contributed by atoms with Crippen molar-refractivity contribution in [2.75, 3.05) is 6.61 Å². The molecule has 0 aliphatic carbocycles. The first-order valence-corrected chi connectivity index (χ1v) is 8.88. The Hall–Kier alpha value is -0.910. The quantitative estimate of drug-likeness (QED) is 0.909. The molecule has 2 aliphatic rings. The Morgan fingerprint density at radius 2 is 2.43 bits per heavy atom. The summed E-state index contributed by atoms with van der Waals surface area (Å²) < 4.78 is 5.82. The first-order valence-electron chi connectivity index (χ1n) is 7.94. The first kappa shape index (κ1) is 15.0. The summed E-state index contributed by atoms with van der Waals surface area (Å²) >= 11 is 1.68. The Bertz CT molecular complexity index is 471. The molecule has 3 rings (SSSR count). The van der Waals surface area contributed by atoms with E-state index in [2.05, 4.69) is 36.0 Å². The van der Waals surface area contributed by atoms with Crippen molar-refractivity contribution in [3.05, 3.63) is 22.4 Å². The van der Waals surface area contributed by atoms with E-state index in [1.807, 2.05) is 4.90 Å². The average molecular weight is 308 g/mol. The second-order valence-electron chi connectivity index (χ2n) is 6.00. The lowest BCUT2D eigenvalue weighted by Gasteiger charge is -2.33. The van der Waals surface area contributed by atoms with E-state index >= 15 is 0 Å². The molecule has 1 aromatic rings. The van der Waals surface area contributed by atoms with Gasteiger partial charge in [0, 0.05) is 6.61 Å². The summed E-state index contributed by atoms with van der Waals surface area (Å²) in [5.41, 5.74) is 1.19. The first-order chi connectivity index (χ1) is 10.2. The molecule has 116 valence electrons. The normalized spacial score (nSPS) is 31.0. The lowest BCUT2D eigenvalue weighted by Crippen LogP contribution is -2.44. The van der Waals surface area contributed by atoms with Gasteiger partial charge in [-0.05, 0) is 48.6 Å². The number of carbonyl (C=O) groups is 1. The zero-order valence-electron chi connectivity index (χ0n) is 12.7. The fourth-order valence-electron chi connectivity index (χ4n) is 3.43. The third kappa shape index (κ3) is 2.87. The molecule has 4 nitrogen and oxygen atoms in total. The van der Waals surface area contributed by atoms with Crippen LogP contribution in [0.15, 0.2) is 16.8 Å². The van der Waals surface area contributed by atoms with Gasteiger partial charge >= 0.3 is 0 Å². The number of nitrogens with zero attached hydrogens (tertiary/aromatic N) is 1. The fraction of sp³-hybridized carbons (Fsp3) is 0.688. The molecule has 21 heavy (non-hydrogen) atoms. The molecule has 0 spiro atoms. The van der Waals surface area contributed by atoms with Crippen molar-refractivity contribution in [3.63, 3.8) is 0 Å². The van der Waals surface area contributed by atoms with Crippen molar-refractivity contribution >= 4 is 17.2 Å². The maximum Gasteiger partial charge on any atom is 0.241 e. The van der Waals surface area contributed by atoms with E-state index in [1.54, 1.807) is 11.3 Å². The van der Waals surface area contributed by atoms with Crippen molar-refractivity contribution in [3.8, 4) is 0 Å². The van der Waals surface area contributed by atoms with E-state index in [0.29, 0.717) is 0 Å². The topological polar surface area (TPSA) is 41.6 Å². The predicted molar refractivity (Wildman–Crippen MR) is 84.2 cm³/mol. The van der Waals surface area contributed by atoms with E-state index < -0.39 is 0 Å². The molecular formula is C16H24N2O2S. The van der Waals surface area contributed by atoms with Crippen LogP contribution in [-0.2, 0) is 9.53 Å². The van der Waals surface area contributed by atoms with Crippen LogP contribution >= 0.6 is 11.3 Å². The van der Waals surface area contributed by atoms with Crippen LogP contribution in [0.2, 0.25) is 0 Å². The molecule has 0 bridgehead atoms. The van der Waals surface area contributed by atoms with Gasteiger partial charge < -0.3 is 9.64 Å². The van der Waals surface area contributed by atoms with E-state index in [9.17, 15) is 4.79 Å². The minimum atomic E-state index is -0.0521. The van der Waals surface area contributed by atoms with E-state index in [0.717, 1.165) is 32.3 Å². The second kappa shape index (κ2) is 6.46.